The topological polar surface area (TPSA) is 69.1 Å². The summed E-state index contributed by atoms with van der Waals surface area (Å²) in [5.41, 5.74) is 13.0. The third-order valence-electron chi connectivity index (χ3n) is 2.26. The summed E-state index contributed by atoms with van der Waals surface area (Å²) in [6, 6.07) is 5.42. The number of hydrogen-bond acceptors (Lipinski definition) is 2. The first-order valence-electron chi connectivity index (χ1n) is 4.84. The molecule has 0 aliphatic heterocycles. The maximum absolute atomic E-state index is 11.0. The number of nitrogen functional groups attached to an aromatic ring is 1. The molecule has 0 saturated heterocycles. The lowest BCUT2D eigenvalue weighted by Crippen LogP contribution is -2.14. The lowest BCUT2D eigenvalue weighted by Gasteiger charge is -2.07. The number of amides is 1. The summed E-state index contributed by atoms with van der Waals surface area (Å²) < 4.78 is 0. The summed E-state index contributed by atoms with van der Waals surface area (Å²) in [7, 11) is 0. The number of nitrogens with two attached hydrogens (primary N) is 2. The maximum atomic E-state index is 11.0. The number of para-hydroxylation sites is 1. The second-order valence-electron chi connectivity index (χ2n) is 3.35. The molecular weight excluding hydrogens is 176 g/mol. The highest BCUT2D eigenvalue weighted by Crippen LogP contribution is 2.18. The summed E-state index contributed by atoms with van der Waals surface area (Å²) in [5.74, 6) is -0.458. The van der Waals surface area contributed by atoms with Crippen molar-refractivity contribution in [2.45, 2.75) is 26.2 Å². The summed E-state index contributed by atoms with van der Waals surface area (Å²) in [4.78, 5) is 11.0. The van der Waals surface area contributed by atoms with E-state index in [9.17, 15) is 4.79 Å². The van der Waals surface area contributed by atoms with Gasteiger partial charge in [0, 0.05) is 5.69 Å². The SMILES string of the molecule is CCCCc1cccc(C(N)=O)c1N. The van der Waals surface area contributed by atoms with Gasteiger partial charge in [0.25, 0.3) is 5.91 Å². The van der Waals surface area contributed by atoms with E-state index in [4.69, 9.17) is 11.5 Å². The van der Waals surface area contributed by atoms with Crippen LogP contribution in [-0.2, 0) is 6.42 Å². The number of hydrogen-bond donors (Lipinski definition) is 2. The Morgan fingerprint density at radius 3 is 2.71 bits per heavy atom. The van der Waals surface area contributed by atoms with Crippen LogP contribution in [0.15, 0.2) is 18.2 Å². The Balaban J connectivity index is 2.95. The van der Waals surface area contributed by atoms with Crippen LogP contribution in [0.25, 0.3) is 0 Å². The molecule has 1 aromatic carbocycles. The van der Waals surface area contributed by atoms with Crippen LogP contribution in [0.2, 0.25) is 0 Å². The van der Waals surface area contributed by atoms with Gasteiger partial charge < -0.3 is 11.5 Å². The van der Waals surface area contributed by atoms with E-state index in [2.05, 4.69) is 6.92 Å². The fraction of sp³-hybridized carbons (Fsp3) is 0.364. The van der Waals surface area contributed by atoms with Crippen molar-refractivity contribution in [1.29, 1.82) is 0 Å². The van der Waals surface area contributed by atoms with Gasteiger partial charge in [-0.3, -0.25) is 4.79 Å². The maximum Gasteiger partial charge on any atom is 0.250 e. The van der Waals surface area contributed by atoms with Crippen LogP contribution in [-0.4, -0.2) is 5.91 Å². The Bertz CT molecular complexity index is 334. The first kappa shape index (κ1) is 10.6. The van der Waals surface area contributed by atoms with Crippen LogP contribution < -0.4 is 11.5 Å². The smallest absolute Gasteiger partial charge is 0.250 e. The van der Waals surface area contributed by atoms with E-state index in [-0.39, 0.29) is 0 Å². The minimum absolute atomic E-state index is 0.429. The van der Waals surface area contributed by atoms with Gasteiger partial charge >= 0.3 is 0 Å². The minimum Gasteiger partial charge on any atom is -0.398 e. The predicted octanol–water partition coefficient (Wildman–Crippen LogP) is 1.71. The molecule has 1 amide bonds. The Morgan fingerprint density at radius 1 is 1.43 bits per heavy atom. The van der Waals surface area contributed by atoms with E-state index >= 15 is 0 Å². The van der Waals surface area contributed by atoms with Gasteiger partial charge in [0.1, 0.15) is 0 Å². The number of primary amides is 1. The molecule has 0 aliphatic rings. The summed E-state index contributed by atoms with van der Waals surface area (Å²) in [5, 5.41) is 0. The summed E-state index contributed by atoms with van der Waals surface area (Å²) >= 11 is 0. The number of anilines is 1. The van der Waals surface area contributed by atoms with Crippen molar-refractivity contribution in [2.75, 3.05) is 5.73 Å². The molecule has 76 valence electrons. The van der Waals surface area contributed by atoms with Gasteiger partial charge in [-0.1, -0.05) is 25.5 Å². The summed E-state index contributed by atoms with van der Waals surface area (Å²) in [6.07, 6.45) is 3.09. The highest BCUT2D eigenvalue weighted by atomic mass is 16.1. The average molecular weight is 192 g/mol. The lowest BCUT2D eigenvalue weighted by molar-refractivity contribution is 0.100. The third-order valence-corrected chi connectivity index (χ3v) is 2.26. The van der Waals surface area contributed by atoms with Gasteiger partial charge in [-0.05, 0) is 24.5 Å². The van der Waals surface area contributed by atoms with Crippen molar-refractivity contribution in [3.63, 3.8) is 0 Å². The largest absolute Gasteiger partial charge is 0.398 e. The molecule has 0 aromatic heterocycles. The zero-order chi connectivity index (χ0) is 10.6. The van der Waals surface area contributed by atoms with Gasteiger partial charge in [-0.2, -0.15) is 0 Å². The van der Waals surface area contributed by atoms with Crippen LogP contribution >= 0.6 is 0 Å². The van der Waals surface area contributed by atoms with E-state index in [0.717, 1.165) is 24.8 Å². The molecule has 0 atom stereocenters. The molecule has 4 N–H and O–H groups in total. The van der Waals surface area contributed by atoms with E-state index in [1.165, 1.54) is 0 Å². The molecule has 14 heavy (non-hydrogen) atoms. The molecule has 1 rings (SSSR count). The van der Waals surface area contributed by atoms with Crippen molar-refractivity contribution < 1.29 is 4.79 Å². The van der Waals surface area contributed by atoms with Gasteiger partial charge in [0.15, 0.2) is 0 Å². The van der Waals surface area contributed by atoms with Crippen molar-refractivity contribution >= 4 is 11.6 Å². The van der Waals surface area contributed by atoms with Gasteiger partial charge in [-0.25, -0.2) is 0 Å². The molecular formula is C11H16N2O. The monoisotopic (exact) mass is 192 g/mol. The highest BCUT2D eigenvalue weighted by Gasteiger charge is 2.08. The predicted molar refractivity (Wildman–Crippen MR) is 58.0 cm³/mol. The highest BCUT2D eigenvalue weighted by molar-refractivity contribution is 5.98. The van der Waals surface area contributed by atoms with Crippen molar-refractivity contribution in [2.24, 2.45) is 5.73 Å². The van der Waals surface area contributed by atoms with Crippen LogP contribution in [0.1, 0.15) is 35.7 Å². The van der Waals surface area contributed by atoms with Gasteiger partial charge in [0.05, 0.1) is 5.56 Å². The van der Waals surface area contributed by atoms with E-state index in [0.29, 0.717) is 11.3 Å². The second-order valence-corrected chi connectivity index (χ2v) is 3.35. The van der Waals surface area contributed by atoms with Crippen LogP contribution in [0.3, 0.4) is 0 Å². The minimum atomic E-state index is -0.458. The molecule has 0 aliphatic carbocycles. The lowest BCUT2D eigenvalue weighted by atomic mass is 10.0. The fourth-order valence-electron chi connectivity index (χ4n) is 1.41. The molecule has 0 saturated carbocycles. The molecule has 0 fully saturated rings. The number of carbonyl (C=O) groups excluding carboxylic acids is 1. The molecule has 3 nitrogen and oxygen atoms in total. The Kier molecular flexibility index (Phi) is 3.51. The molecule has 0 radical (unpaired) electrons. The molecule has 0 spiro atoms. The molecule has 0 unspecified atom stereocenters. The average Bonchev–Trinajstić information content (AvgIpc) is 2.16. The van der Waals surface area contributed by atoms with E-state index < -0.39 is 5.91 Å². The number of benzene rings is 1. The Labute approximate surface area is 84.1 Å². The zero-order valence-corrected chi connectivity index (χ0v) is 8.42. The van der Waals surface area contributed by atoms with Crippen molar-refractivity contribution in [3.05, 3.63) is 29.3 Å². The molecule has 0 bridgehead atoms. The number of rotatable bonds is 4. The van der Waals surface area contributed by atoms with Gasteiger partial charge in [0.2, 0.25) is 0 Å². The first-order chi connectivity index (χ1) is 6.66. The number of unbranched alkanes of at least 4 members (excludes halogenated alkanes) is 1. The number of carbonyl (C=O) groups is 1. The first-order valence-corrected chi connectivity index (χ1v) is 4.84. The third kappa shape index (κ3) is 2.25. The van der Waals surface area contributed by atoms with E-state index in [1.807, 2.05) is 12.1 Å². The van der Waals surface area contributed by atoms with Crippen LogP contribution in [0.5, 0.6) is 0 Å². The Hall–Kier alpha value is -1.51. The van der Waals surface area contributed by atoms with Crippen LogP contribution in [0, 0.1) is 0 Å². The number of aryl methyl sites for hydroxylation is 1. The fourth-order valence-corrected chi connectivity index (χ4v) is 1.41. The molecule has 1 aromatic rings. The standard InChI is InChI=1S/C11H16N2O/c1-2-3-5-8-6-4-7-9(10(8)12)11(13)14/h4,6-7H,2-3,5,12H2,1H3,(H2,13,14). The van der Waals surface area contributed by atoms with Crippen LogP contribution in [0.4, 0.5) is 5.69 Å². The summed E-state index contributed by atoms with van der Waals surface area (Å²) in [6.45, 7) is 2.12. The van der Waals surface area contributed by atoms with Crippen molar-refractivity contribution in [3.8, 4) is 0 Å². The van der Waals surface area contributed by atoms with Gasteiger partial charge in [-0.15, -0.1) is 0 Å². The van der Waals surface area contributed by atoms with Crippen molar-refractivity contribution in [1.82, 2.24) is 0 Å². The molecule has 3 heteroatoms. The molecule has 0 heterocycles. The second kappa shape index (κ2) is 4.65. The Morgan fingerprint density at radius 2 is 2.14 bits per heavy atom. The zero-order valence-electron chi connectivity index (χ0n) is 8.42. The normalized spacial score (nSPS) is 10.1. The van der Waals surface area contributed by atoms with E-state index in [1.54, 1.807) is 6.07 Å². The quantitative estimate of drug-likeness (QED) is 0.713.